The first kappa shape index (κ1) is 8.64. The summed E-state index contributed by atoms with van der Waals surface area (Å²) >= 11 is 0. The van der Waals surface area contributed by atoms with Gasteiger partial charge in [0.15, 0.2) is 6.29 Å². The molecule has 1 heterocycles. The molecule has 64 valence electrons. The molecule has 0 amide bonds. The number of ether oxygens (including phenoxy) is 2. The number of aliphatic hydroxyl groups excluding tert-OH is 1. The molecule has 0 aromatic heterocycles. The highest BCUT2D eigenvalue weighted by atomic mass is 16.7. The van der Waals surface area contributed by atoms with Gasteiger partial charge in [-0.15, -0.1) is 0 Å². The third-order valence-electron chi connectivity index (χ3n) is 1.51. The summed E-state index contributed by atoms with van der Waals surface area (Å²) in [6.45, 7) is 2.31. The van der Waals surface area contributed by atoms with Crippen molar-refractivity contribution in [2.24, 2.45) is 0 Å². The first-order valence-electron chi connectivity index (χ1n) is 3.61. The Kier molecular flexibility index (Phi) is 2.99. The van der Waals surface area contributed by atoms with Gasteiger partial charge in [-0.2, -0.15) is 0 Å². The molecule has 4 nitrogen and oxygen atoms in total. The first-order valence-corrected chi connectivity index (χ1v) is 3.61. The van der Waals surface area contributed by atoms with Crippen LogP contribution in [0.5, 0.6) is 0 Å². The highest BCUT2D eigenvalue weighted by Gasteiger charge is 2.25. The largest absolute Gasteiger partial charge is 0.370 e. The number of rotatable bonds is 2. The molecule has 0 bridgehead atoms. The lowest BCUT2D eigenvalue weighted by Crippen LogP contribution is -2.39. The van der Waals surface area contributed by atoms with Crippen LogP contribution in [0.25, 0.3) is 0 Å². The van der Waals surface area contributed by atoms with Crippen LogP contribution in [0.15, 0.2) is 0 Å². The number of carbonyl (C=O) groups is 1. The fourth-order valence-corrected chi connectivity index (χ4v) is 1.00. The molecule has 11 heavy (non-hydrogen) atoms. The third kappa shape index (κ3) is 2.57. The molecule has 0 spiro atoms. The van der Waals surface area contributed by atoms with Crippen LogP contribution in [0.3, 0.4) is 0 Å². The Morgan fingerprint density at radius 1 is 1.55 bits per heavy atom. The summed E-state index contributed by atoms with van der Waals surface area (Å²) in [6.07, 6.45) is -1.19. The number of Topliss-reactive ketones (excluding diaryl/α,β-unsaturated/α-hetero) is 1. The van der Waals surface area contributed by atoms with Gasteiger partial charge in [0, 0.05) is 6.42 Å². The average Bonchev–Trinajstić information content (AvgIpc) is 1.93. The van der Waals surface area contributed by atoms with E-state index in [1.807, 2.05) is 0 Å². The molecular weight excluding hydrogens is 148 g/mol. The van der Waals surface area contributed by atoms with Crippen molar-refractivity contribution < 1.29 is 19.4 Å². The molecule has 1 N–H and O–H groups in total. The predicted octanol–water partition coefficient (Wildman–Crippen LogP) is -0.301. The fraction of sp³-hybridized carbons (Fsp3) is 0.857. The molecule has 0 aromatic rings. The Hall–Kier alpha value is -0.450. The van der Waals surface area contributed by atoms with Crippen molar-refractivity contribution >= 4 is 5.78 Å². The second-order valence-electron chi connectivity index (χ2n) is 2.58. The van der Waals surface area contributed by atoms with Crippen molar-refractivity contribution in [3.05, 3.63) is 0 Å². The van der Waals surface area contributed by atoms with Crippen LogP contribution < -0.4 is 0 Å². The van der Waals surface area contributed by atoms with Crippen LogP contribution in [0.2, 0.25) is 0 Å². The lowest BCUT2D eigenvalue weighted by Gasteiger charge is -2.27. The highest BCUT2D eigenvalue weighted by molar-refractivity contribution is 5.76. The molecule has 4 heteroatoms. The average molecular weight is 160 g/mol. The zero-order chi connectivity index (χ0) is 8.27. The zero-order valence-corrected chi connectivity index (χ0v) is 6.45. The number of aliphatic hydroxyl groups is 1. The topological polar surface area (TPSA) is 55.8 Å². The smallest absolute Gasteiger partial charge is 0.181 e. The molecule has 1 fully saturated rings. The van der Waals surface area contributed by atoms with E-state index in [0.29, 0.717) is 13.2 Å². The van der Waals surface area contributed by atoms with E-state index in [1.165, 1.54) is 6.92 Å². The number of hydrogen-bond donors (Lipinski definition) is 1. The van der Waals surface area contributed by atoms with Gasteiger partial charge in [-0.25, -0.2) is 0 Å². The molecule has 0 unspecified atom stereocenters. The van der Waals surface area contributed by atoms with Gasteiger partial charge in [-0.1, -0.05) is 0 Å². The quantitative estimate of drug-likeness (QED) is 0.602. The minimum absolute atomic E-state index is 0.000417. The summed E-state index contributed by atoms with van der Waals surface area (Å²) in [7, 11) is 0. The Bertz CT molecular complexity index is 145. The second kappa shape index (κ2) is 3.80. The van der Waals surface area contributed by atoms with Crippen LogP contribution in [-0.2, 0) is 14.3 Å². The van der Waals surface area contributed by atoms with Gasteiger partial charge in [0.25, 0.3) is 0 Å². The summed E-state index contributed by atoms with van der Waals surface area (Å²) in [4.78, 5) is 10.6. The summed E-state index contributed by atoms with van der Waals surface area (Å²) < 4.78 is 9.97. The van der Waals surface area contributed by atoms with Gasteiger partial charge >= 0.3 is 0 Å². The Balaban J connectivity index is 2.35. The molecule has 1 saturated heterocycles. The minimum atomic E-state index is -0.937. The zero-order valence-electron chi connectivity index (χ0n) is 6.45. The molecule has 1 aliphatic heterocycles. The van der Waals surface area contributed by atoms with Gasteiger partial charge in [-0.3, -0.25) is 4.79 Å². The van der Waals surface area contributed by atoms with Crippen molar-refractivity contribution in [2.45, 2.75) is 25.7 Å². The van der Waals surface area contributed by atoms with E-state index in [-0.39, 0.29) is 12.2 Å². The number of ketones is 1. The van der Waals surface area contributed by atoms with Crippen molar-refractivity contribution in [2.75, 3.05) is 13.2 Å². The van der Waals surface area contributed by atoms with Crippen LogP contribution in [0.4, 0.5) is 0 Å². The lowest BCUT2D eigenvalue weighted by atomic mass is 10.2. The van der Waals surface area contributed by atoms with Crippen LogP contribution in [0, 0.1) is 0 Å². The maximum Gasteiger partial charge on any atom is 0.181 e. The molecule has 0 saturated carbocycles. The monoisotopic (exact) mass is 160 g/mol. The van der Waals surface area contributed by atoms with Crippen LogP contribution >= 0.6 is 0 Å². The molecule has 0 aromatic carbocycles. The van der Waals surface area contributed by atoms with Crippen molar-refractivity contribution in [1.82, 2.24) is 0 Å². The van der Waals surface area contributed by atoms with E-state index in [4.69, 9.17) is 14.6 Å². The normalized spacial score (nSPS) is 31.8. The van der Waals surface area contributed by atoms with E-state index < -0.39 is 12.4 Å². The standard InChI is InChI=1S/C7H12O4/c1-5(8)4-6-7(9)11-3-2-10-6/h6-7,9H,2-4H2,1H3/t6-,7-/m1/s1. The Morgan fingerprint density at radius 2 is 2.18 bits per heavy atom. The molecule has 0 radical (unpaired) electrons. The molecule has 2 atom stereocenters. The van der Waals surface area contributed by atoms with E-state index in [1.54, 1.807) is 0 Å². The van der Waals surface area contributed by atoms with Gasteiger partial charge in [0.1, 0.15) is 11.9 Å². The Morgan fingerprint density at radius 3 is 2.73 bits per heavy atom. The van der Waals surface area contributed by atoms with E-state index in [9.17, 15) is 4.79 Å². The van der Waals surface area contributed by atoms with Gasteiger partial charge < -0.3 is 14.6 Å². The molecule has 1 aliphatic rings. The molecular formula is C7H12O4. The van der Waals surface area contributed by atoms with Gasteiger partial charge in [-0.05, 0) is 6.92 Å². The number of hydrogen-bond acceptors (Lipinski definition) is 4. The van der Waals surface area contributed by atoms with Crippen molar-refractivity contribution in [1.29, 1.82) is 0 Å². The van der Waals surface area contributed by atoms with Crippen LogP contribution in [0.1, 0.15) is 13.3 Å². The summed E-state index contributed by atoms with van der Waals surface area (Å²) in [5.74, 6) is -0.000417. The third-order valence-corrected chi connectivity index (χ3v) is 1.51. The SMILES string of the molecule is CC(=O)C[C@H]1OCCO[C@H]1O. The van der Waals surface area contributed by atoms with E-state index >= 15 is 0 Å². The van der Waals surface area contributed by atoms with Crippen LogP contribution in [-0.4, -0.2) is 36.5 Å². The fourth-order valence-electron chi connectivity index (χ4n) is 1.00. The lowest BCUT2D eigenvalue weighted by molar-refractivity contribution is -0.226. The van der Waals surface area contributed by atoms with Gasteiger partial charge in [0.2, 0.25) is 0 Å². The van der Waals surface area contributed by atoms with Crippen molar-refractivity contribution in [3.8, 4) is 0 Å². The minimum Gasteiger partial charge on any atom is -0.370 e. The first-order chi connectivity index (χ1) is 5.20. The van der Waals surface area contributed by atoms with E-state index in [0.717, 1.165) is 0 Å². The summed E-state index contributed by atoms with van der Waals surface area (Å²) in [5.41, 5.74) is 0. The molecule has 1 rings (SSSR count). The maximum atomic E-state index is 10.6. The van der Waals surface area contributed by atoms with Crippen molar-refractivity contribution in [3.63, 3.8) is 0 Å². The second-order valence-corrected chi connectivity index (χ2v) is 2.58. The maximum absolute atomic E-state index is 10.6. The predicted molar refractivity (Wildman–Crippen MR) is 37.0 cm³/mol. The molecule has 0 aliphatic carbocycles. The van der Waals surface area contributed by atoms with E-state index in [2.05, 4.69) is 0 Å². The van der Waals surface area contributed by atoms with Gasteiger partial charge in [0.05, 0.1) is 13.2 Å². The number of carbonyl (C=O) groups excluding carboxylic acids is 1. The Labute approximate surface area is 65.1 Å². The highest BCUT2D eigenvalue weighted by Crippen LogP contribution is 2.11. The summed E-state index contributed by atoms with van der Waals surface area (Å²) in [6, 6.07) is 0. The summed E-state index contributed by atoms with van der Waals surface area (Å²) in [5, 5.41) is 9.12.